The van der Waals surface area contributed by atoms with E-state index in [1.807, 2.05) is 0 Å². The van der Waals surface area contributed by atoms with Gasteiger partial charge in [0.1, 0.15) is 0 Å². The Kier molecular flexibility index (Phi) is 5.01. The number of hydrogen-bond acceptors (Lipinski definition) is 4. The van der Waals surface area contributed by atoms with Crippen LogP contribution in [0.5, 0.6) is 11.5 Å². The number of ether oxygens (including phenoxy) is 2. The first-order valence-corrected chi connectivity index (χ1v) is 8.35. The fourth-order valence-electron chi connectivity index (χ4n) is 2.01. The molecule has 0 unspecified atom stereocenters. The second-order valence-electron chi connectivity index (χ2n) is 4.66. The maximum Gasteiger partial charge on any atom is 0.262 e. The quantitative estimate of drug-likeness (QED) is 0.885. The summed E-state index contributed by atoms with van der Waals surface area (Å²) in [6.45, 7) is 1.57. The molecule has 0 fully saturated rings. The van der Waals surface area contributed by atoms with E-state index >= 15 is 0 Å². The van der Waals surface area contributed by atoms with E-state index in [9.17, 15) is 12.8 Å². The Morgan fingerprint density at radius 2 is 1.74 bits per heavy atom. The molecule has 23 heavy (non-hydrogen) atoms. The Morgan fingerprint density at radius 1 is 1.13 bits per heavy atom. The van der Waals surface area contributed by atoms with Gasteiger partial charge in [0.15, 0.2) is 17.3 Å². The van der Waals surface area contributed by atoms with Gasteiger partial charge in [0.2, 0.25) is 0 Å². The second kappa shape index (κ2) is 6.64. The van der Waals surface area contributed by atoms with Gasteiger partial charge in [0.25, 0.3) is 10.0 Å². The van der Waals surface area contributed by atoms with Gasteiger partial charge in [0.05, 0.1) is 24.8 Å². The van der Waals surface area contributed by atoms with Crippen molar-refractivity contribution in [2.24, 2.45) is 0 Å². The zero-order chi connectivity index (χ0) is 17.2. The average Bonchev–Trinajstić information content (AvgIpc) is 2.51. The molecule has 0 aliphatic heterocycles. The van der Waals surface area contributed by atoms with Crippen LogP contribution in [0, 0.1) is 12.7 Å². The lowest BCUT2D eigenvalue weighted by atomic mass is 10.2. The number of methoxy groups -OCH3 is 2. The molecule has 0 atom stereocenters. The standard InChI is InChI=1S/C15H15ClFNO4S/c1-9-10(16)5-4-6-15(9)23(19,20)18-12-8-14(22-3)13(21-2)7-11(12)17/h4-8,18H,1-3H3. The van der Waals surface area contributed by atoms with Crippen LogP contribution in [0.3, 0.4) is 0 Å². The Morgan fingerprint density at radius 3 is 2.35 bits per heavy atom. The van der Waals surface area contributed by atoms with E-state index in [2.05, 4.69) is 4.72 Å². The third-order valence-corrected chi connectivity index (χ3v) is 5.14. The van der Waals surface area contributed by atoms with E-state index in [4.69, 9.17) is 21.1 Å². The normalized spacial score (nSPS) is 11.2. The minimum Gasteiger partial charge on any atom is -0.493 e. The zero-order valence-electron chi connectivity index (χ0n) is 12.7. The molecule has 0 saturated carbocycles. The fraction of sp³-hybridized carbons (Fsp3) is 0.200. The SMILES string of the molecule is COc1cc(F)c(NS(=O)(=O)c2cccc(Cl)c2C)cc1OC. The minimum atomic E-state index is -4.00. The zero-order valence-corrected chi connectivity index (χ0v) is 14.3. The largest absolute Gasteiger partial charge is 0.493 e. The molecule has 2 rings (SSSR count). The highest BCUT2D eigenvalue weighted by atomic mass is 35.5. The molecule has 0 amide bonds. The summed E-state index contributed by atoms with van der Waals surface area (Å²) >= 11 is 5.94. The van der Waals surface area contributed by atoms with Crippen LogP contribution in [-0.4, -0.2) is 22.6 Å². The van der Waals surface area contributed by atoms with Crippen molar-refractivity contribution in [2.45, 2.75) is 11.8 Å². The van der Waals surface area contributed by atoms with Gasteiger partial charge in [-0.1, -0.05) is 17.7 Å². The Labute approximate surface area is 139 Å². The predicted molar refractivity (Wildman–Crippen MR) is 86.5 cm³/mol. The fourth-order valence-corrected chi connectivity index (χ4v) is 3.57. The Hall–Kier alpha value is -1.99. The molecular weight excluding hydrogens is 345 g/mol. The smallest absolute Gasteiger partial charge is 0.262 e. The summed E-state index contributed by atoms with van der Waals surface area (Å²) in [5, 5.41) is 0.306. The molecule has 0 saturated heterocycles. The molecule has 2 aromatic rings. The minimum absolute atomic E-state index is 0.0285. The van der Waals surface area contributed by atoms with Crippen molar-refractivity contribution in [1.29, 1.82) is 0 Å². The van der Waals surface area contributed by atoms with E-state index in [0.717, 1.165) is 6.07 Å². The van der Waals surface area contributed by atoms with Crippen molar-refractivity contribution in [1.82, 2.24) is 0 Å². The van der Waals surface area contributed by atoms with Gasteiger partial charge in [0, 0.05) is 17.2 Å². The van der Waals surface area contributed by atoms with E-state index in [-0.39, 0.29) is 22.1 Å². The molecule has 2 aromatic carbocycles. The summed E-state index contributed by atoms with van der Waals surface area (Å²) in [4.78, 5) is -0.0285. The van der Waals surface area contributed by atoms with Crippen molar-refractivity contribution < 1.29 is 22.3 Å². The topological polar surface area (TPSA) is 64.6 Å². The summed E-state index contributed by atoms with van der Waals surface area (Å²) in [6, 6.07) is 6.73. The molecular formula is C15H15ClFNO4S. The number of nitrogens with one attached hydrogen (secondary N) is 1. The molecule has 8 heteroatoms. The van der Waals surface area contributed by atoms with Crippen molar-refractivity contribution in [3.05, 3.63) is 46.7 Å². The van der Waals surface area contributed by atoms with Crippen LogP contribution in [0.2, 0.25) is 5.02 Å². The number of sulfonamides is 1. The van der Waals surface area contributed by atoms with Crippen LogP contribution < -0.4 is 14.2 Å². The first-order chi connectivity index (χ1) is 10.8. The summed E-state index contributed by atoms with van der Waals surface area (Å²) in [5.41, 5.74) is 0.129. The van der Waals surface area contributed by atoms with Gasteiger partial charge in [-0.15, -0.1) is 0 Å². The molecule has 0 aliphatic rings. The molecule has 0 aliphatic carbocycles. The molecule has 0 radical (unpaired) electrons. The lowest BCUT2D eigenvalue weighted by Crippen LogP contribution is -2.15. The summed E-state index contributed by atoms with van der Waals surface area (Å²) in [6.07, 6.45) is 0. The number of anilines is 1. The average molecular weight is 360 g/mol. The number of benzene rings is 2. The molecule has 0 aromatic heterocycles. The van der Waals surface area contributed by atoms with Crippen LogP contribution in [0.15, 0.2) is 35.2 Å². The van der Waals surface area contributed by atoms with E-state index < -0.39 is 15.8 Å². The first kappa shape index (κ1) is 17.4. The highest BCUT2D eigenvalue weighted by Crippen LogP contribution is 2.34. The maximum atomic E-state index is 14.1. The van der Waals surface area contributed by atoms with Crippen LogP contribution >= 0.6 is 11.6 Å². The van der Waals surface area contributed by atoms with Gasteiger partial charge < -0.3 is 9.47 Å². The van der Waals surface area contributed by atoms with Crippen molar-refractivity contribution in [3.63, 3.8) is 0 Å². The molecule has 0 spiro atoms. The number of hydrogen-bond donors (Lipinski definition) is 1. The predicted octanol–water partition coefficient (Wildman–Crippen LogP) is 3.61. The highest BCUT2D eigenvalue weighted by molar-refractivity contribution is 7.92. The van der Waals surface area contributed by atoms with Gasteiger partial charge in [-0.3, -0.25) is 4.72 Å². The molecule has 0 bridgehead atoms. The van der Waals surface area contributed by atoms with Crippen LogP contribution in [0.1, 0.15) is 5.56 Å². The molecule has 0 heterocycles. The van der Waals surface area contributed by atoms with Gasteiger partial charge in [-0.25, -0.2) is 12.8 Å². The van der Waals surface area contributed by atoms with Crippen molar-refractivity contribution in [2.75, 3.05) is 18.9 Å². The van der Waals surface area contributed by atoms with Crippen LogP contribution in [0.25, 0.3) is 0 Å². The second-order valence-corrected chi connectivity index (χ2v) is 6.71. The summed E-state index contributed by atoms with van der Waals surface area (Å²) in [5.74, 6) is -0.424. The van der Waals surface area contributed by atoms with E-state index in [1.54, 1.807) is 13.0 Å². The third kappa shape index (κ3) is 3.51. The Bertz CT molecular complexity index is 840. The number of rotatable bonds is 5. The summed E-state index contributed by atoms with van der Waals surface area (Å²) < 4.78 is 51.2. The van der Waals surface area contributed by atoms with E-state index in [0.29, 0.717) is 10.6 Å². The third-order valence-electron chi connectivity index (χ3n) is 3.23. The molecule has 124 valence electrons. The first-order valence-electron chi connectivity index (χ1n) is 6.49. The lowest BCUT2D eigenvalue weighted by Gasteiger charge is -2.14. The maximum absolute atomic E-state index is 14.1. The Balaban J connectivity index is 2.47. The van der Waals surface area contributed by atoms with Crippen LogP contribution in [-0.2, 0) is 10.0 Å². The summed E-state index contributed by atoms with van der Waals surface area (Å²) in [7, 11) is -1.28. The van der Waals surface area contributed by atoms with Crippen LogP contribution in [0.4, 0.5) is 10.1 Å². The highest BCUT2D eigenvalue weighted by Gasteiger charge is 2.21. The number of halogens is 2. The molecule has 1 N–H and O–H groups in total. The van der Waals surface area contributed by atoms with Gasteiger partial charge in [-0.2, -0.15) is 0 Å². The van der Waals surface area contributed by atoms with Gasteiger partial charge in [-0.05, 0) is 24.6 Å². The van der Waals surface area contributed by atoms with E-state index in [1.165, 1.54) is 32.4 Å². The van der Waals surface area contributed by atoms with Crippen molar-refractivity contribution in [3.8, 4) is 11.5 Å². The lowest BCUT2D eigenvalue weighted by molar-refractivity contribution is 0.353. The van der Waals surface area contributed by atoms with Crippen molar-refractivity contribution >= 4 is 27.3 Å². The van der Waals surface area contributed by atoms with Gasteiger partial charge >= 0.3 is 0 Å². The monoisotopic (exact) mass is 359 g/mol. The molecule has 5 nitrogen and oxygen atoms in total.